The highest BCUT2D eigenvalue weighted by molar-refractivity contribution is 5.94. The molecule has 0 spiro atoms. The normalized spacial score (nSPS) is 11.7. The second-order valence-electron chi connectivity index (χ2n) is 4.83. The number of benzene rings is 1. The van der Waals surface area contributed by atoms with Crippen molar-refractivity contribution in [3.8, 4) is 0 Å². The van der Waals surface area contributed by atoms with E-state index >= 15 is 0 Å². The molecular weight excluding hydrogens is 305 g/mol. The summed E-state index contributed by atoms with van der Waals surface area (Å²) in [5.41, 5.74) is 4.64. The van der Waals surface area contributed by atoms with Crippen molar-refractivity contribution in [2.45, 2.75) is 38.4 Å². The van der Waals surface area contributed by atoms with Gasteiger partial charge in [0.25, 0.3) is 5.91 Å². The lowest BCUT2D eigenvalue weighted by Crippen LogP contribution is -2.49. The Morgan fingerprint density at radius 2 is 1.81 bits per heavy atom. The molecule has 1 amide bonds. The van der Waals surface area contributed by atoms with Crippen molar-refractivity contribution in [1.29, 1.82) is 0 Å². The average Bonchev–Trinajstić information content (AvgIpc) is 2.43. The van der Waals surface area contributed by atoms with Crippen LogP contribution in [0.4, 0.5) is 13.2 Å². The molecule has 7 heteroatoms. The lowest BCUT2D eigenvalue weighted by atomic mass is 9.94. The third-order valence-electron chi connectivity index (χ3n) is 3.46. The van der Waals surface area contributed by atoms with E-state index in [4.69, 9.17) is 5.73 Å². The fourth-order valence-electron chi connectivity index (χ4n) is 1.70. The van der Waals surface area contributed by atoms with Crippen molar-refractivity contribution in [2.75, 3.05) is 6.54 Å². The van der Waals surface area contributed by atoms with E-state index in [9.17, 15) is 18.0 Å². The van der Waals surface area contributed by atoms with E-state index in [0.29, 0.717) is 12.8 Å². The Balaban J connectivity index is 0.00000400. The number of carbonyl (C=O) groups excluding carboxylic acids is 1. The van der Waals surface area contributed by atoms with Crippen LogP contribution in [0.3, 0.4) is 0 Å². The fraction of sp³-hybridized carbons (Fsp3) is 0.500. The van der Waals surface area contributed by atoms with E-state index in [1.807, 2.05) is 13.8 Å². The summed E-state index contributed by atoms with van der Waals surface area (Å²) in [7, 11) is 0. The zero-order valence-electron chi connectivity index (χ0n) is 12.0. The molecule has 1 aromatic carbocycles. The van der Waals surface area contributed by atoms with E-state index in [-0.39, 0.29) is 24.5 Å². The van der Waals surface area contributed by atoms with Crippen LogP contribution in [0.15, 0.2) is 24.3 Å². The summed E-state index contributed by atoms with van der Waals surface area (Å²) in [6.45, 7) is 4.04. The summed E-state index contributed by atoms with van der Waals surface area (Å²) in [6, 6.07) is 4.33. The van der Waals surface area contributed by atoms with Gasteiger partial charge in [-0.1, -0.05) is 19.9 Å². The molecule has 0 saturated carbocycles. The lowest BCUT2D eigenvalue weighted by Gasteiger charge is -2.26. The van der Waals surface area contributed by atoms with Gasteiger partial charge >= 0.3 is 6.18 Å². The zero-order chi connectivity index (χ0) is 15.4. The van der Waals surface area contributed by atoms with Crippen molar-refractivity contribution in [2.24, 2.45) is 5.73 Å². The minimum absolute atomic E-state index is 0. The fourth-order valence-corrected chi connectivity index (χ4v) is 1.70. The van der Waals surface area contributed by atoms with Gasteiger partial charge in [0, 0.05) is 17.6 Å². The molecule has 3 N–H and O–H groups in total. The van der Waals surface area contributed by atoms with Crippen LogP contribution >= 0.6 is 12.4 Å². The quantitative estimate of drug-likeness (QED) is 0.872. The highest BCUT2D eigenvalue weighted by Crippen LogP contribution is 2.29. The highest BCUT2D eigenvalue weighted by Gasteiger charge is 2.31. The van der Waals surface area contributed by atoms with E-state index in [1.54, 1.807) is 0 Å². The molecule has 0 aliphatic heterocycles. The van der Waals surface area contributed by atoms with Crippen molar-refractivity contribution in [3.05, 3.63) is 35.4 Å². The maximum atomic E-state index is 12.6. The molecule has 120 valence electrons. The first-order valence-corrected chi connectivity index (χ1v) is 6.46. The SMILES string of the molecule is CCC(N)(CC)CNC(=O)c1cccc(C(F)(F)F)c1.Cl. The maximum Gasteiger partial charge on any atom is 0.416 e. The van der Waals surface area contributed by atoms with Crippen LogP contribution in [0.2, 0.25) is 0 Å². The van der Waals surface area contributed by atoms with E-state index < -0.39 is 23.2 Å². The van der Waals surface area contributed by atoms with Gasteiger partial charge in [0.15, 0.2) is 0 Å². The molecular formula is C14H20ClF3N2O. The minimum atomic E-state index is -4.46. The summed E-state index contributed by atoms with van der Waals surface area (Å²) in [6.07, 6.45) is -3.11. The van der Waals surface area contributed by atoms with Gasteiger partial charge in [-0.05, 0) is 31.0 Å². The minimum Gasteiger partial charge on any atom is -0.350 e. The molecule has 0 heterocycles. The van der Waals surface area contributed by atoms with Gasteiger partial charge in [0.2, 0.25) is 0 Å². The topological polar surface area (TPSA) is 55.1 Å². The number of hydrogen-bond donors (Lipinski definition) is 2. The largest absolute Gasteiger partial charge is 0.416 e. The first kappa shape index (κ1) is 19.7. The predicted octanol–water partition coefficient (Wildman–Crippen LogP) is 3.37. The van der Waals surface area contributed by atoms with Crippen LogP contribution in [0, 0.1) is 0 Å². The highest BCUT2D eigenvalue weighted by atomic mass is 35.5. The number of amides is 1. The molecule has 0 saturated heterocycles. The third kappa shape index (κ3) is 5.55. The average molecular weight is 325 g/mol. The number of rotatable bonds is 5. The smallest absolute Gasteiger partial charge is 0.350 e. The second kappa shape index (κ2) is 7.66. The van der Waals surface area contributed by atoms with Gasteiger partial charge in [-0.3, -0.25) is 4.79 Å². The van der Waals surface area contributed by atoms with E-state index in [2.05, 4.69) is 5.32 Å². The summed E-state index contributed by atoms with van der Waals surface area (Å²) in [4.78, 5) is 11.9. The van der Waals surface area contributed by atoms with Gasteiger partial charge in [-0.2, -0.15) is 13.2 Å². The number of halogens is 4. The first-order chi connectivity index (χ1) is 9.22. The maximum absolute atomic E-state index is 12.6. The molecule has 0 aliphatic rings. The van der Waals surface area contributed by atoms with Crippen LogP contribution in [0.5, 0.6) is 0 Å². The molecule has 0 atom stereocenters. The second-order valence-corrected chi connectivity index (χ2v) is 4.83. The summed E-state index contributed by atoms with van der Waals surface area (Å²) < 4.78 is 37.7. The van der Waals surface area contributed by atoms with Crippen LogP contribution in [0.25, 0.3) is 0 Å². The Kier molecular flexibility index (Phi) is 7.19. The molecule has 1 rings (SSSR count). The van der Waals surface area contributed by atoms with Crippen molar-refractivity contribution >= 4 is 18.3 Å². The Morgan fingerprint density at radius 1 is 1.24 bits per heavy atom. The first-order valence-electron chi connectivity index (χ1n) is 6.46. The zero-order valence-corrected chi connectivity index (χ0v) is 12.8. The lowest BCUT2D eigenvalue weighted by molar-refractivity contribution is -0.137. The van der Waals surface area contributed by atoms with Gasteiger partial charge in [-0.15, -0.1) is 12.4 Å². The van der Waals surface area contributed by atoms with Gasteiger partial charge in [0.1, 0.15) is 0 Å². The molecule has 3 nitrogen and oxygen atoms in total. The molecule has 0 radical (unpaired) electrons. The molecule has 0 unspecified atom stereocenters. The number of nitrogens with one attached hydrogen (secondary N) is 1. The van der Waals surface area contributed by atoms with Crippen molar-refractivity contribution < 1.29 is 18.0 Å². The van der Waals surface area contributed by atoms with Crippen LogP contribution in [-0.2, 0) is 6.18 Å². The number of nitrogens with two attached hydrogens (primary N) is 1. The monoisotopic (exact) mass is 324 g/mol. The third-order valence-corrected chi connectivity index (χ3v) is 3.46. The molecule has 21 heavy (non-hydrogen) atoms. The Bertz CT molecular complexity index is 474. The number of hydrogen-bond acceptors (Lipinski definition) is 2. The van der Waals surface area contributed by atoms with E-state index in [1.165, 1.54) is 12.1 Å². The van der Waals surface area contributed by atoms with Gasteiger partial charge < -0.3 is 11.1 Å². The predicted molar refractivity (Wildman–Crippen MR) is 78.5 cm³/mol. The molecule has 0 aromatic heterocycles. The van der Waals surface area contributed by atoms with Gasteiger partial charge in [0.05, 0.1) is 5.56 Å². The Morgan fingerprint density at radius 3 is 2.29 bits per heavy atom. The van der Waals surface area contributed by atoms with E-state index in [0.717, 1.165) is 12.1 Å². The summed E-state index contributed by atoms with van der Waals surface area (Å²) in [5, 5.41) is 2.59. The summed E-state index contributed by atoms with van der Waals surface area (Å²) in [5.74, 6) is -0.548. The number of carbonyl (C=O) groups is 1. The van der Waals surface area contributed by atoms with Crippen molar-refractivity contribution in [1.82, 2.24) is 5.32 Å². The molecule has 0 fully saturated rings. The molecule has 0 aliphatic carbocycles. The van der Waals surface area contributed by atoms with Crippen molar-refractivity contribution in [3.63, 3.8) is 0 Å². The van der Waals surface area contributed by atoms with Gasteiger partial charge in [-0.25, -0.2) is 0 Å². The summed E-state index contributed by atoms with van der Waals surface area (Å²) >= 11 is 0. The van der Waals surface area contributed by atoms with Crippen LogP contribution < -0.4 is 11.1 Å². The standard InChI is InChI=1S/C14H19F3N2O.ClH/c1-3-13(18,4-2)9-19-12(20)10-6-5-7-11(8-10)14(15,16)17;/h5-8H,3-4,9,18H2,1-2H3,(H,19,20);1H. The van der Waals surface area contributed by atoms with Crippen LogP contribution in [-0.4, -0.2) is 18.0 Å². The molecule has 0 bridgehead atoms. The van der Waals surface area contributed by atoms with Crippen LogP contribution in [0.1, 0.15) is 42.6 Å². The number of alkyl halides is 3. The molecule has 1 aromatic rings. The Labute approximate surface area is 128 Å². The Hall–Kier alpha value is -1.27.